The number of fused-ring (bicyclic) bond motifs is 1. The molecule has 1 aliphatic rings. The van der Waals surface area contributed by atoms with E-state index >= 15 is 0 Å². The van der Waals surface area contributed by atoms with Gasteiger partial charge in [-0.05, 0) is 6.92 Å². The number of carbonyl (C=O) groups excluding carboxylic acids is 2. The van der Waals surface area contributed by atoms with Crippen molar-refractivity contribution in [1.29, 1.82) is 0 Å². The van der Waals surface area contributed by atoms with Gasteiger partial charge in [0.15, 0.2) is 5.82 Å². The molecule has 0 spiro atoms. The van der Waals surface area contributed by atoms with Crippen LogP contribution in [0.1, 0.15) is 9.88 Å². The number of anilines is 2. The normalized spacial score (nSPS) is 13.1. The second-order valence-electron chi connectivity index (χ2n) is 4.88. The van der Waals surface area contributed by atoms with Crippen LogP contribution in [0.4, 0.5) is 16.4 Å². The third-order valence-corrected chi connectivity index (χ3v) is 4.25. The first-order valence-electron chi connectivity index (χ1n) is 6.85. The van der Waals surface area contributed by atoms with Gasteiger partial charge in [-0.1, -0.05) is 0 Å². The van der Waals surface area contributed by atoms with Gasteiger partial charge < -0.3 is 5.32 Å². The van der Waals surface area contributed by atoms with Gasteiger partial charge in [0.05, 0.1) is 18.0 Å². The summed E-state index contributed by atoms with van der Waals surface area (Å²) in [6.45, 7) is 3.14. The number of aromatic nitrogens is 3. The predicted molar refractivity (Wildman–Crippen MR) is 83.2 cm³/mol. The number of nitrogens with zero attached hydrogens (tertiary/aromatic N) is 4. The number of hydrogen-bond donors (Lipinski definition) is 2. The van der Waals surface area contributed by atoms with E-state index in [4.69, 9.17) is 0 Å². The lowest BCUT2D eigenvalue weighted by Crippen LogP contribution is -2.30. The Morgan fingerprint density at radius 3 is 2.91 bits per heavy atom. The highest BCUT2D eigenvalue weighted by Gasteiger charge is 2.27. The molecule has 3 rings (SSSR count). The maximum atomic E-state index is 12.4. The highest BCUT2D eigenvalue weighted by molar-refractivity contribution is 7.11. The molecule has 0 aliphatic carbocycles. The topological polar surface area (TPSA) is 92.2 Å². The smallest absolute Gasteiger partial charge is 0.320 e. The maximum absolute atomic E-state index is 12.4. The number of aryl methyl sites for hydroxylation is 1. The van der Waals surface area contributed by atoms with Gasteiger partial charge in [-0.15, -0.1) is 11.3 Å². The van der Waals surface area contributed by atoms with E-state index in [9.17, 15) is 9.59 Å². The van der Waals surface area contributed by atoms with E-state index in [-0.39, 0.29) is 11.9 Å². The van der Waals surface area contributed by atoms with E-state index in [1.54, 1.807) is 21.8 Å². The second kappa shape index (κ2) is 5.76. The molecule has 2 aromatic rings. The van der Waals surface area contributed by atoms with Crippen molar-refractivity contribution in [2.45, 2.75) is 19.9 Å². The minimum Gasteiger partial charge on any atom is -0.341 e. The molecular formula is C13H16N6O2S. The Labute approximate surface area is 131 Å². The van der Waals surface area contributed by atoms with E-state index in [1.165, 1.54) is 18.4 Å². The van der Waals surface area contributed by atoms with E-state index in [0.717, 1.165) is 9.88 Å². The van der Waals surface area contributed by atoms with Gasteiger partial charge in [-0.2, -0.15) is 5.10 Å². The number of carbonyl (C=O) groups is 2. The lowest BCUT2D eigenvalue weighted by Gasteiger charge is -2.13. The molecule has 0 fully saturated rings. The Kier molecular flexibility index (Phi) is 3.80. The van der Waals surface area contributed by atoms with Gasteiger partial charge in [-0.25, -0.2) is 14.5 Å². The third kappa shape index (κ3) is 2.80. The summed E-state index contributed by atoms with van der Waals surface area (Å²) in [4.78, 5) is 30.6. The highest BCUT2D eigenvalue weighted by Crippen LogP contribution is 2.26. The van der Waals surface area contributed by atoms with E-state index in [2.05, 4.69) is 20.7 Å². The molecule has 116 valence electrons. The van der Waals surface area contributed by atoms with Crippen LogP contribution in [0.15, 0.2) is 12.3 Å². The van der Waals surface area contributed by atoms with Crippen molar-refractivity contribution in [3.8, 4) is 0 Å². The Bertz CT molecular complexity index is 722. The first-order valence-corrected chi connectivity index (χ1v) is 7.66. The van der Waals surface area contributed by atoms with Crippen molar-refractivity contribution in [2.75, 3.05) is 23.8 Å². The van der Waals surface area contributed by atoms with Crippen molar-refractivity contribution in [1.82, 2.24) is 20.1 Å². The molecule has 1 aliphatic heterocycles. The number of hydrogen-bond acceptors (Lipinski definition) is 5. The van der Waals surface area contributed by atoms with Crippen LogP contribution < -0.4 is 15.5 Å². The first-order chi connectivity index (χ1) is 10.6. The van der Waals surface area contributed by atoms with Crippen molar-refractivity contribution >= 4 is 34.9 Å². The Morgan fingerprint density at radius 2 is 2.23 bits per heavy atom. The molecule has 0 radical (unpaired) electrons. The van der Waals surface area contributed by atoms with Crippen LogP contribution in [-0.2, 0) is 17.8 Å². The SMILES string of the molecule is CNC(=O)Nc1cc2n(n1)CCN2C(=O)Cc1cnc(C)s1. The van der Waals surface area contributed by atoms with Crippen molar-refractivity contribution in [2.24, 2.45) is 0 Å². The number of rotatable bonds is 3. The molecule has 0 atom stereocenters. The van der Waals surface area contributed by atoms with Crippen LogP contribution in [0, 0.1) is 6.92 Å². The highest BCUT2D eigenvalue weighted by atomic mass is 32.1. The fraction of sp³-hybridized carbons (Fsp3) is 0.385. The van der Waals surface area contributed by atoms with Crippen molar-refractivity contribution in [3.05, 3.63) is 22.1 Å². The zero-order valence-electron chi connectivity index (χ0n) is 12.3. The molecule has 22 heavy (non-hydrogen) atoms. The summed E-state index contributed by atoms with van der Waals surface area (Å²) in [5.74, 6) is 1.15. The van der Waals surface area contributed by atoms with Gasteiger partial charge >= 0.3 is 6.03 Å². The molecule has 3 amide bonds. The zero-order chi connectivity index (χ0) is 15.7. The van der Waals surface area contributed by atoms with Crippen LogP contribution in [0.2, 0.25) is 0 Å². The van der Waals surface area contributed by atoms with Gasteiger partial charge in [0, 0.05) is 30.7 Å². The second-order valence-corrected chi connectivity index (χ2v) is 6.20. The average Bonchev–Trinajstić information content (AvgIpc) is 3.14. The summed E-state index contributed by atoms with van der Waals surface area (Å²) in [7, 11) is 1.53. The predicted octanol–water partition coefficient (Wildman–Crippen LogP) is 0.989. The monoisotopic (exact) mass is 320 g/mol. The number of thiazole rings is 1. The van der Waals surface area contributed by atoms with Gasteiger partial charge in [0.2, 0.25) is 5.91 Å². The summed E-state index contributed by atoms with van der Waals surface area (Å²) < 4.78 is 1.72. The largest absolute Gasteiger partial charge is 0.341 e. The molecule has 0 saturated heterocycles. The molecule has 0 aromatic carbocycles. The molecule has 0 saturated carbocycles. The maximum Gasteiger partial charge on any atom is 0.320 e. The Balaban J connectivity index is 1.72. The minimum absolute atomic E-state index is 0.00814. The summed E-state index contributed by atoms with van der Waals surface area (Å²) >= 11 is 1.53. The average molecular weight is 320 g/mol. The summed E-state index contributed by atoms with van der Waals surface area (Å²) in [5, 5.41) is 10.3. The molecule has 9 heteroatoms. The van der Waals surface area contributed by atoms with E-state index in [0.29, 0.717) is 31.1 Å². The molecule has 2 aromatic heterocycles. The molecular weight excluding hydrogens is 304 g/mol. The summed E-state index contributed by atoms with van der Waals surface area (Å²) in [6, 6.07) is 1.37. The van der Waals surface area contributed by atoms with Gasteiger partial charge in [-0.3, -0.25) is 15.0 Å². The van der Waals surface area contributed by atoms with Gasteiger partial charge in [0.1, 0.15) is 5.82 Å². The fourth-order valence-corrected chi connectivity index (χ4v) is 3.11. The van der Waals surface area contributed by atoms with Crippen LogP contribution in [0.25, 0.3) is 0 Å². The molecule has 2 N–H and O–H groups in total. The summed E-state index contributed by atoms with van der Waals surface area (Å²) in [5.41, 5.74) is 0. The lowest BCUT2D eigenvalue weighted by atomic mass is 10.3. The summed E-state index contributed by atoms with van der Waals surface area (Å²) in [6.07, 6.45) is 2.07. The van der Waals surface area contributed by atoms with Crippen LogP contribution in [-0.4, -0.2) is 40.3 Å². The Morgan fingerprint density at radius 1 is 1.41 bits per heavy atom. The molecule has 8 nitrogen and oxygen atoms in total. The minimum atomic E-state index is -0.338. The fourth-order valence-electron chi connectivity index (χ4n) is 2.32. The lowest BCUT2D eigenvalue weighted by molar-refractivity contribution is -0.117. The van der Waals surface area contributed by atoms with Crippen LogP contribution >= 0.6 is 11.3 Å². The van der Waals surface area contributed by atoms with Crippen LogP contribution in [0.3, 0.4) is 0 Å². The standard InChI is InChI=1S/C13H16N6O2S/c1-8-15-7-9(22-8)5-12(20)18-3-4-19-11(18)6-10(17-19)16-13(21)14-2/h6-7H,3-5H2,1-2H3,(H2,14,16,17,21). The first kappa shape index (κ1) is 14.5. The Hall–Kier alpha value is -2.42. The molecule has 0 bridgehead atoms. The number of amides is 3. The van der Waals surface area contributed by atoms with E-state index < -0.39 is 0 Å². The third-order valence-electron chi connectivity index (χ3n) is 3.33. The molecule has 3 heterocycles. The number of nitrogens with one attached hydrogen (secondary N) is 2. The number of urea groups is 1. The zero-order valence-corrected chi connectivity index (χ0v) is 13.1. The van der Waals surface area contributed by atoms with Crippen LogP contribution in [0.5, 0.6) is 0 Å². The van der Waals surface area contributed by atoms with E-state index in [1.807, 2.05) is 6.92 Å². The quantitative estimate of drug-likeness (QED) is 0.882. The van der Waals surface area contributed by atoms with Crippen molar-refractivity contribution < 1.29 is 9.59 Å². The van der Waals surface area contributed by atoms with Crippen molar-refractivity contribution in [3.63, 3.8) is 0 Å². The van der Waals surface area contributed by atoms with Gasteiger partial charge in [0.25, 0.3) is 0 Å². The molecule has 0 unspecified atom stereocenters.